The lowest BCUT2D eigenvalue weighted by molar-refractivity contribution is -0.211. The second-order valence-electron chi connectivity index (χ2n) is 3.00. The van der Waals surface area contributed by atoms with Gasteiger partial charge in [0, 0.05) is 13.1 Å². The minimum absolute atomic E-state index is 0.0376. The maximum absolute atomic E-state index is 11.1. The van der Waals surface area contributed by atoms with Crippen molar-refractivity contribution in [3.05, 3.63) is 0 Å². The molecule has 0 aromatic heterocycles. The van der Waals surface area contributed by atoms with Crippen molar-refractivity contribution in [2.24, 2.45) is 5.92 Å². The van der Waals surface area contributed by atoms with Gasteiger partial charge in [-0.15, -0.1) is 5.06 Å². The molecule has 0 aromatic carbocycles. The van der Waals surface area contributed by atoms with Gasteiger partial charge in [0.25, 0.3) is 0 Å². The molecule has 1 unspecified atom stereocenters. The average Bonchev–Trinajstić information content (AvgIpc) is 1.94. The van der Waals surface area contributed by atoms with E-state index in [1.807, 2.05) is 13.8 Å². The summed E-state index contributed by atoms with van der Waals surface area (Å²) in [7, 11) is 0. The summed E-state index contributed by atoms with van der Waals surface area (Å²) < 4.78 is 0. The molecule has 11 heavy (non-hydrogen) atoms. The monoisotopic (exact) mass is 157 g/mol. The van der Waals surface area contributed by atoms with Crippen LogP contribution in [0.15, 0.2) is 0 Å². The van der Waals surface area contributed by atoms with E-state index in [1.54, 1.807) is 5.06 Å². The Morgan fingerprint density at radius 2 is 2.27 bits per heavy atom. The number of hydrogen-bond acceptors (Lipinski definition) is 3. The van der Waals surface area contributed by atoms with Crippen LogP contribution >= 0.6 is 0 Å². The molecule has 0 saturated carbocycles. The highest BCUT2D eigenvalue weighted by atomic mass is 16.7. The largest absolute Gasteiger partial charge is 0.368 e. The molecule has 0 bridgehead atoms. The lowest BCUT2D eigenvalue weighted by atomic mass is 10.1. The zero-order valence-electron chi connectivity index (χ0n) is 7.17. The molecule has 0 aliphatic carbocycles. The van der Waals surface area contributed by atoms with Gasteiger partial charge in [0.15, 0.2) is 0 Å². The Hall–Kier alpha value is -0.570. The van der Waals surface area contributed by atoms with E-state index in [1.165, 1.54) is 0 Å². The zero-order valence-corrected chi connectivity index (χ0v) is 7.17. The van der Waals surface area contributed by atoms with Gasteiger partial charge < -0.3 is 4.84 Å². The highest BCUT2D eigenvalue weighted by Gasteiger charge is 2.21. The van der Waals surface area contributed by atoms with Crippen LogP contribution in [0.2, 0.25) is 0 Å². The molecular weight excluding hydrogens is 142 g/mol. The first-order valence-corrected chi connectivity index (χ1v) is 4.20. The van der Waals surface area contributed by atoms with Crippen molar-refractivity contribution in [1.29, 1.82) is 0 Å². The molecular formula is C8H15NO2. The molecule has 1 aliphatic rings. The number of hydrogen-bond donors (Lipinski definition) is 0. The summed E-state index contributed by atoms with van der Waals surface area (Å²) in [6, 6.07) is 0. The van der Waals surface area contributed by atoms with Gasteiger partial charge in [-0.25, -0.2) is 0 Å². The molecule has 64 valence electrons. The molecule has 1 saturated heterocycles. The predicted octanol–water partition coefficient (Wildman–Crippen LogP) is 1.20. The normalized spacial score (nSPS) is 20.5. The smallest absolute Gasteiger partial charge is 0.327 e. The molecule has 3 nitrogen and oxygen atoms in total. The number of carbonyl (C=O) groups excluding carboxylic acids is 1. The van der Waals surface area contributed by atoms with Crippen molar-refractivity contribution < 1.29 is 9.63 Å². The summed E-state index contributed by atoms with van der Waals surface area (Å²) >= 11 is 0. The predicted molar refractivity (Wildman–Crippen MR) is 41.7 cm³/mol. The maximum Gasteiger partial charge on any atom is 0.327 e. The van der Waals surface area contributed by atoms with E-state index in [9.17, 15) is 4.79 Å². The van der Waals surface area contributed by atoms with Gasteiger partial charge in [0.2, 0.25) is 0 Å². The van der Waals surface area contributed by atoms with Crippen molar-refractivity contribution in [3.8, 4) is 0 Å². The molecule has 0 amide bonds. The summed E-state index contributed by atoms with van der Waals surface area (Å²) in [6.07, 6.45) is 2.00. The standard InChI is InChI=1S/C8H15NO2/c1-3-7(2)8(10)11-9-5-4-6-9/h7H,3-6H2,1-2H3. The molecule has 0 spiro atoms. The Balaban J connectivity index is 2.19. The topological polar surface area (TPSA) is 29.5 Å². The summed E-state index contributed by atoms with van der Waals surface area (Å²) in [5.41, 5.74) is 0. The number of rotatable bonds is 3. The van der Waals surface area contributed by atoms with Gasteiger partial charge >= 0.3 is 5.97 Å². The van der Waals surface area contributed by atoms with Crippen molar-refractivity contribution in [2.45, 2.75) is 26.7 Å². The fourth-order valence-corrected chi connectivity index (χ4v) is 0.762. The van der Waals surface area contributed by atoms with Crippen LogP contribution in [0.25, 0.3) is 0 Å². The number of hydroxylamine groups is 2. The molecule has 0 radical (unpaired) electrons. The van der Waals surface area contributed by atoms with Crippen LogP contribution in [-0.2, 0) is 9.63 Å². The van der Waals surface area contributed by atoms with Gasteiger partial charge in [-0.1, -0.05) is 13.8 Å². The Labute approximate surface area is 67.3 Å². The number of nitrogens with zero attached hydrogens (tertiary/aromatic N) is 1. The third-order valence-corrected chi connectivity index (χ3v) is 2.05. The van der Waals surface area contributed by atoms with Crippen molar-refractivity contribution >= 4 is 5.97 Å². The van der Waals surface area contributed by atoms with Crippen molar-refractivity contribution in [3.63, 3.8) is 0 Å². The molecule has 1 fully saturated rings. The molecule has 0 aromatic rings. The van der Waals surface area contributed by atoms with Gasteiger partial charge in [0.1, 0.15) is 0 Å². The van der Waals surface area contributed by atoms with Crippen LogP contribution in [0.1, 0.15) is 26.7 Å². The van der Waals surface area contributed by atoms with Gasteiger partial charge in [-0.2, -0.15) is 0 Å². The fourth-order valence-electron chi connectivity index (χ4n) is 0.762. The average molecular weight is 157 g/mol. The highest BCUT2D eigenvalue weighted by Crippen LogP contribution is 2.10. The van der Waals surface area contributed by atoms with Crippen LogP contribution in [0, 0.1) is 5.92 Å². The van der Waals surface area contributed by atoms with Crippen LogP contribution in [0.3, 0.4) is 0 Å². The second kappa shape index (κ2) is 3.72. The number of carbonyl (C=O) groups is 1. The van der Waals surface area contributed by atoms with E-state index in [0.717, 1.165) is 25.9 Å². The molecule has 1 aliphatic heterocycles. The van der Waals surface area contributed by atoms with E-state index in [2.05, 4.69) is 0 Å². The van der Waals surface area contributed by atoms with Gasteiger partial charge in [0.05, 0.1) is 5.92 Å². The molecule has 1 heterocycles. The first kappa shape index (κ1) is 8.53. The van der Waals surface area contributed by atoms with E-state index in [0.29, 0.717) is 0 Å². The molecule has 1 rings (SSSR count). The fraction of sp³-hybridized carbons (Fsp3) is 0.875. The summed E-state index contributed by atoms with van der Waals surface area (Å²) in [5.74, 6) is -0.0530. The van der Waals surface area contributed by atoms with Crippen LogP contribution in [-0.4, -0.2) is 24.1 Å². The maximum atomic E-state index is 11.1. The van der Waals surface area contributed by atoms with Gasteiger partial charge in [-0.3, -0.25) is 4.79 Å². The SMILES string of the molecule is CCC(C)C(=O)ON1CCC1. The minimum atomic E-state index is -0.0906. The Kier molecular flexibility index (Phi) is 2.88. The van der Waals surface area contributed by atoms with E-state index < -0.39 is 0 Å². The van der Waals surface area contributed by atoms with E-state index in [4.69, 9.17) is 4.84 Å². The van der Waals surface area contributed by atoms with E-state index in [-0.39, 0.29) is 11.9 Å². The molecule has 0 N–H and O–H groups in total. The molecule has 1 atom stereocenters. The summed E-state index contributed by atoms with van der Waals surface area (Å²) in [6.45, 7) is 5.69. The van der Waals surface area contributed by atoms with Crippen LogP contribution in [0.4, 0.5) is 0 Å². The summed E-state index contributed by atoms with van der Waals surface area (Å²) in [4.78, 5) is 16.1. The Morgan fingerprint density at radius 1 is 1.64 bits per heavy atom. The van der Waals surface area contributed by atoms with E-state index >= 15 is 0 Å². The van der Waals surface area contributed by atoms with Crippen LogP contribution in [0.5, 0.6) is 0 Å². The summed E-state index contributed by atoms with van der Waals surface area (Å²) in [5, 5.41) is 1.72. The zero-order chi connectivity index (χ0) is 8.27. The Bertz CT molecular complexity index is 143. The first-order valence-electron chi connectivity index (χ1n) is 4.20. The Morgan fingerprint density at radius 3 is 2.64 bits per heavy atom. The lowest BCUT2D eigenvalue weighted by Crippen LogP contribution is -2.40. The molecule has 3 heteroatoms. The second-order valence-corrected chi connectivity index (χ2v) is 3.00. The van der Waals surface area contributed by atoms with Crippen molar-refractivity contribution in [2.75, 3.05) is 13.1 Å². The third kappa shape index (κ3) is 2.19. The quantitative estimate of drug-likeness (QED) is 0.616. The third-order valence-electron chi connectivity index (χ3n) is 2.05. The van der Waals surface area contributed by atoms with Crippen molar-refractivity contribution in [1.82, 2.24) is 5.06 Å². The lowest BCUT2D eigenvalue weighted by Gasteiger charge is -2.29. The first-order chi connectivity index (χ1) is 5.24. The van der Waals surface area contributed by atoms with Crippen LogP contribution < -0.4 is 0 Å². The van der Waals surface area contributed by atoms with Gasteiger partial charge in [-0.05, 0) is 12.8 Å². The highest BCUT2D eigenvalue weighted by molar-refractivity contribution is 5.71. The minimum Gasteiger partial charge on any atom is -0.368 e.